The second-order valence-corrected chi connectivity index (χ2v) is 8.76. The maximum absolute atomic E-state index is 12.5. The number of carbonyl (C=O) groups excluding carboxylic acids is 1. The molecular weight excluding hydrogens is 488 g/mol. The number of carboxylic acid groups (broad SMARTS) is 1. The molecule has 10 nitrogen and oxygen atoms in total. The lowest BCUT2D eigenvalue weighted by atomic mass is 9.82. The Balaban J connectivity index is 1.28. The average molecular weight is 507 g/mol. The number of aliphatic imine (C=N–C) groups is 2. The molecule has 2 aromatic rings. The van der Waals surface area contributed by atoms with Crippen LogP contribution in [0.4, 0.5) is 10.5 Å². The number of carbonyl (C=O) groups is 2. The predicted octanol–water partition coefficient (Wildman–Crippen LogP) is 4.08. The fourth-order valence-electron chi connectivity index (χ4n) is 3.80. The molecule has 182 valence electrons. The zero-order valence-corrected chi connectivity index (χ0v) is 19.9. The summed E-state index contributed by atoms with van der Waals surface area (Å²) in [6.45, 7) is 3.50. The van der Waals surface area contributed by atoms with Gasteiger partial charge in [0.1, 0.15) is 17.5 Å². The molecule has 3 aliphatic rings. The molecule has 1 unspecified atom stereocenters. The van der Waals surface area contributed by atoms with Crippen LogP contribution in [0.3, 0.4) is 0 Å². The highest BCUT2D eigenvalue weighted by Crippen LogP contribution is 2.41. The minimum Gasteiger partial charge on any atom is -0.480 e. The summed E-state index contributed by atoms with van der Waals surface area (Å²) in [4.78, 5) is 32.9. The van der Waals surface area contributed by atoms with Gasteiger partial charge >= 0.3 is 12.1 Å². The Morgan fingerprint density at radius 2 is 2.00 bits per heavy atom. The number of fused-ring (bicyclic) bond motifs is 1. The Kier molecular flexibility index (Phi) is 5.96. The molecule has 1 fully saturated rings. The van der Waals surface area contributed by atoms with Gasteiger partial charge in [0.2, 0.25) is 0 Å². The third-order valence-corrected chi connectivity index (χ3v) is 6.26. The number of carboxylic acids is 1. The van der Waals surface area contributed by atoms with Crippen LogP contribution < -0.4 is 5.32 Å². The fourth-order valence-corrected chi connectivity index (χ4v) is 4.09. The Bertz CT molecular complexity index is 1470. The molecule has 3 aliphatic heterocycles. The molecule has 0 spiro atoms. The van der Waals surface area contributed by atoms with E-state index in [2.05, 4.69) is 32.3 Å². The van der Waals surface area contributed by atoms with E-state index >= 15 is 0 Å². The zero-order chi connectivity index (χ0) is 25.4. The van der Waals surface area contributed by atoms with Gasteiger partial charge in [0.15, 0.2) is 22.7 Å². The van der Waals surface area contributed by atoms with Crippen LogP contribution in [0.15, 0.2) is 62.2 Å². The van der Waals surface area contributed by atoms with Crippen molar-refractivity contribution in [3.05, 3.63) is 69.7 Å². The monoisotopic (exact) mass is 506 g/mol. The summed E-state index contributed by atoms with van der Waals surface area (Å²) in [5, 5.41) is 16.6. The minimum atomic E-state index is -1.13. The molecule has 1 aromatic carbocycles. The van der Waals surface area contributed by atoms with Gasteiger partial charge in [-0.3, -0.25) is 10.1 Å². The smallest absolute Gasteiger partial charge is 0.412 e. The number of hydrogen-bond acceptors (Lipinski definition) is 8. The molecule has 36 heavy (non-hydrogen) atoms. The number of amidine groups is 1. The van der Waals surface area contributed by atoms with Gasteiger partial charge < -0.3 is 19.1 Å². The quantitative estimate of drug-likeness (QED) is 0.583. The highest BCUT2D eigenvalue weighted by molar-refractivity contribution is 6.31. The number of anilines is 1. The van der Waals surface area contributed by atoms with Crippen LogP contribution in [0.1, 0.15) is 30.0 Å². The summed E-state index contributed by atoms with van der Waals surface area (Å²) in [5.41, 5.74) is 1.52. The summed E-state index contributed by atoms with van der Waals surface area (Å²) in [6, 6.07) is 7.09. The van der Waals surface area contributed by atoms with Gasteiger partial charge in [0, 0.05) is 16.2 Å². The van der Waals surface area contributed by atoms with Crippen molar-refractivity contribution >= 4 is 40.9 Å². The summed E-state index contributed by atoms with van der Waals surface area (Å²) < 4.78 is 15.7. The largest absolute Gasteiger partial charge is 0.480 e. The number of hydrogen-bond donors (Lipinski definition) is 2. The molecule has 0 bridgehead atoms. The highest BCUT2D eigenvalue weighted by Gasteiger charge is 2.51. The van der Waals surface area contributed by atoms with Crippen molar-refractivity contribution in [2.75, 3.05) is 18.5 Å². The van der Waals surface area contributed by atoms with Crippen molar-refractivity contribution in [1.82, 2.24) is 5.16 Å². The van der Waals surface area contributed by atoms with Crippen molar-refractivity contribution in [1.29, 1.82) is 0 Å². The number of aromatic nitrogens is 1. The first-order valence-electron chi connectivity index (χ1n) is 10.9. The number of nitrogens with one attached hydrogen (secondary N) is 1. The third kappa shape index (κ3) is 4.19. The first-order chi connectivity index (χ1) is 17.3. The first kappa shape index (κ1) is 23.5. The van der Waals surface area contributed by atoms with E-state index in [0.717, 1.165) is 0 Å². The predicted molar refractivity (Wildman–Crippen MR) is 130 cm³/mol. The van der Waals surface area contributed by atoms with Crippen LogP contribution in [0.25, 0.3) is 0 Å². The number of aryl methyl sites for hydroxylation is 1. The lowest BCUT2D eigenvalue weighted by Crippen LogP contribution is -2.49. The molecule has 1 saturated heterocycles. The van der Waals surface area contributed by atoms with Crippen molar-refractivity contribution < 1.29 is 28.7 Å². The highest BCUT2D eigenvalue weighted by atomic mass is 35.5. The van der Waals surface area contributed by atoms with Gasteiger partial charge in [0.25, 0.3) is 0 Å². The third-order valence-electron chi connectivity index (χ3n) is 5.92. The number of aliphatic carboxylic acids is 1. The van der Waals surface area contributed by atoms with E-state index in [-0.39, 0.29) is 24.6 Å². The lowest BCUT2D eigenvalue weighted by molar-refractivity contribution is -0.171. The number of rotatable bonds is 5. The lowest BCUT2D eigenvalue weighted by Gasteiger charge is -2.36. The number of allylic oxidation sites excluding steroid dienone is 1. The first-order valence-corrected chi connectivity index (χ1v) is 11.3. The van der Waals surface area contributed by atoms with Crippen LogP contribution in [0.5, 0.6) is 0 Å². The molecule has 4 heterocycles. The fraction of sp³-hybridized carbons (Fsp3) is 0.240. The molecule has 11 heteroatoms. The number of amides is 1. The standard InChI is InChI=1S/C25H19ClN4O6/c1-13(17-5-3-4-6-18(17)26)35-24(33)29-21-14(2)36-30-19(21)8-7-16-9-15-10-20(28-22(15)27-16)25(23(31)32)11-34-12-25/h3-6,9-10,13H,11-12H2,1-2H3,(H,29,33)(H,31,32). The van der Waals surface area contributed by atoms with Crippen LogP contribution in [0.2, 0.25) is 5.02 Å². The van der Waals surface area contributed by atoms with E-state index in [0.29, 0.717) is 39.2 Å². The summed E-state index contributed by atoms with van der Waals surface area (Å²) >= 11 is 6.17. The van der Waals surface area contributed by atoms with Crippen molar-refractivity contribution in [2.24, 2.45) is 15.4 Å². The van der Waals surface area contributed by atoms with Crippen LogP contribution >= 0.6 is 11.6 Å². The zero-order valence-electron chi connectivity index (χ0n) is 19.2. The molecular formula is C25H19ClN4O6. The molecule has 5 rings (SSSR count). The summed E-state index contributed by atoms with van der Waals surface area (Å²) in [5.74, 6) is 5.48. The average Bonchev–Trinajstić information content (AvgIpc) is 3.45. The minimum absolute atomic E-state index is 0.0789. The van der Waals surface area contributed by atoms with Crippen molar-refractivity contribution in [3.63, 3.8) is 0 Å². The molecule has 2 N–H and O–H groups in total. The second-order valence-electron chi connectivity index (χ2n) is 8.35. The van der Waals surface area contributed by atoms with E-state index in [1.54, 1.807) is 50.3 Å². The second kappa shape index (κ2) is 9.11. The van der Waals surface area contributed by atoms with E-state index in [4.69, 9.17) is 25.6 Å². The molecule has 1 aromatic heterocycles. The Morgan fingerprint density at radius 1 is 1.22 bits per heavy atom. The molecule has 0 radical (unpaired) electrons. The van der Waals surface area contributed by atoms with Gasteiger partial charge in [-0.2, -0.15) is 0 Å². The number of ether oxygens (including phenoxy) is 2. The van der Waals surface area contributed by atoms with Gasteiger partial charge in [-0.1, -0.05) is 35.0 Å². The molecule has 1 atom stereocenters. The van der Waals surface area contributed by atoms with Crippen LogP contribution in [-0.4, -0.2) is 47.1 Å². The van der Waals surface area contributed by atoms with Crippen LogP contribution in [0, 0.1) is 24.2 Å². The van der Waals surface area contributed by atoms with E-state index in [1.807, 2.05) is 0 Å². The molecule has 0 saturated carbocycles. The number of nitrogens with zero attached hydrogens (tertiary/aromatic N) is 3. The van der Waals surface area contributed by atoms with Crippen molar-refractivity contribution in [3.8, 4) is 11.8 Å². The van der Waals surface area contributed by atoms with Gasteiger partial charge in [0.05, 0.1) is 18.9 Å². The Labute approximate surface area is 210 Å². The summed E-state index contributed by atoms with van der Waals surface area (Å²) in [6.07, 6.45) is 2.09. The number of benzene rings is 1. The van der Waals surface area contributed by atoms with Crippen molar-refractivity contribution in [2.45, 2.75) is 20.0 Å². The van der Waals surface area contributed by atoms with E-state index in [1.165, 1.54) is 0 Å². The normalized spacial score (nSPS) is 17.9. The van der Waals surface area contributed by atoms with Gasteiger partial charge in [-0.25, -0.2) is 14.8 Å². The maximum Gasteiger partial charge on any atom is 0.412 e. The SMILES string of the molecule is Cc1onc(C#CC2=NC3=NC(C4(C(=O)O)COC4)=CC3=C2)c1NC(=O)OC(C)c1ccccc1Cl. The molecule has 0 aliphatic carbocycles. The Hall–Kier alpha value is -4.20. The van der Waals surface area contributed by atoms with Gasteiger partial charge in [-0.15, -0.1) is 0 Å². The van der Waals surface area contributed by atoms with Crippen LogP contribution in [-0.2, 0) is 14.3 Å². The van der Waals surface area contributed by atoms with E-state index in [9.17, 15) is 14.7 Å². The van der Waals surface area contributed by atoms with Gasteiger partial charge in [-0.05, 0) is 43.9 Å². The van der Waals surface area contributed by atoms with E-state index < -0.39 is 23.6 Å². The maximum atomic E-state index is 12.5. The summed E-state index contributed by atoms with van der Waals surface area (Å²) in [7, 11) is 0. The molecule has 1 amide bonds. The number of halogens is 1. The topological polar surface area (TPSA) is 136 Å². The Morgan fingerprint density at radius 3 is 2.67 bits per heavy atom.